The second-order valence-corrected chi connectivity index (χ2v) is 4.43. The number of aromatic nitrogens is 1. The van der Waals surface area contributed by atoms with Gasteiger partial charge in [0.2, 0.25) is 5.91 Å². The Balaban J connectivity index is 2.67. The minimum Gasteiger partial charge on any atom is -0.369 e. The molecule has 3 N–H and O–H groups in total. The second-order valence-electron chi connectivity index (χ2n) is 3.57. The molecule has 1 heterocycles. The van der Waals surface area contributed by atoms with Gasteiger partial charge in [-0.25, -0.2) is 0 Å². The summed E-state index contributed by atoms with van der Waals surface area (Å²) < 4.78 is 1.03. The van der Waals surface area contributed by atoms with E-state index in [1.54, 1.807) is 0 Å². The number of fused-ring (bicyclic) bond motifs is 1. The lowest BCUT2D eigenvalue weighted by Gasteiger charge is -2.02. The summed E-state index contributed by atoms with van der Waals surface area (Å²) in [4.78, 5) is 14.1. The van der Waals surface area contributed by atoms with Gasteiger partial charge in [-0.15, -0.1) is 0 Å². The number of amides is 1. The van der Waals surface area contributed by atoms with Gasteiger partial charge in [-0.1, -0.05) is 22.0 Å². The fraction of sp³-hybridized carbons (Fsp3) is 0.182. The molecular formula is C11H11BrN2O. The smallest absolute Gasteiger partial charge is 0.221 e. The highest BCUT2D eigenvalue weighted by molar-refractivity contribution is 9.10. The Morgan fingerprint density at radius 1 is 1.53 bits per heavy atom. The molecule has 1 amide bonds. The molecule has 0 aliphatic rings. The molecule has 4 heteroatoms. The van der Waals surface area contributed by atoms with E-state index in [1.165, 1.54) is 0 Å². The normalized spacial score (nSPS) is 10.8. The van der Waals surface area contributed by atoms with Crippen molar-refractivity contribution in [2.24, 2.45) is 5.73 Å². The Morgan fingerprint density at radius 2 is 2.27 bits per heavy atom. The van der Waals surface area contributed by atoms with Crippen molar-refractivity contribution in [3.8, 4) is 0 Å². The van der Waals surface area contributed by atoms with Gasteiger partial charge in [-0.05, 0) is 24.1 Å². The Morgan fingerprint density at radius 3 is 2.93 bits per heavy atom. The minimum absolute atomic E-state index is 0.268. The highest BCUT2D eigenvalue weighted by Gasteiger charge is 2.09. The lowest BCUT2D eigenvalue weighted by molar-refractivity contribution is -0.117. The van der Waals surface area contributed by atoms with Gasteiger partial charge in [0.15, 0.2) is 0 Å². The van der Waals surface area contributed by atoms with Crippen molar-refractivity contribution in [2.45, 2.75) is 13.3 Å². The average molecular weight is 267 g/mol. The van der Waals surface area contributed by atoms with Crippen LogP contribution in [0.25, 0.3) is 10.9 Å². The van der Waals surface area contributed by atoms with E-state index in [2.05, 4.69) is 20.9 Å². The van der Waals surface area contributed by atoms with E-state index in [9.17, 15) is 4.79 Å². The van der Waals surface area contributed by atoms with Crippen molar-refractivity contribution in [1.82, 2.24) is 4.98 Å². The summed E-state index contributed by atoms with van der Waals surface area (Å²) in [5.41, 5.74) is 8.28. The summed E-state index contributed by atoms with van der Waals surface area (Å²) in [7, 11) is 0. The third-order valence-electron chi connectivity index (χ3n) is 2.43. The summed E-state index contributed by atoms with van der Waals surface area (Å²) in [6.07, 6.45) is 2.20. The Labute approximate surface area is 95.8 Å². The zero-order valence-corrected chi connectivity index (χ0v) is 9.89. The molecule has 0 spiro atoms. The fourth-order valence-corrected chi connectivity index (χ4v) is 2.40. The third-order valence-corrected chi connectivity index (χ3v) is 3.09. The molecule has 0 saturated heterocycles. The first kappa shape index (κ1) is 10.2. The van der Waals surface area contributed by atoms with Gasteiger partial charge in [-0.2, -0.15) is 0 Å². The molecule has 0 radical (unpaired) electrons. The third kappa shape index (κ3) is 1.77. The van der Waals surface area contributed by atoms with Gasteiger partial charge in [-0.3, -0.25) is 4.79 Å². The highest BCUT2D eigenvalue weighted by atomic mass is 79.9. The second kappa shape index (κ2) is 3.70. The van der Waals surface area contributed by atoms with Crippen molar-refractivity contribution in [2.75, 3.05) is 0 Å². The number of carbonyl (C=O) groups is 1. The molecule has 15 heavy (non-hydrogen) atoms. The van der Waals surface area contributed by atoms with Crippen molar-refractivity contribution in [1.29, 1.82) is 0 Å². The van der Waals surface area contributed by atoms with Crippen LogP contribution in [0.5, 0.6) is 0 Å². The lowest BCUT2D eigenvalue weighted by atomic mass is 10.1. The lowest BCUT2D eigenvalue weighted by Crippen LogP contribution is -2.13. The number of aromatic amines is 1. The number of carbonyl (C=O) groups excluding carboxylic acids is 1. The van der Waals surface area contributed by atoms with Gasteiger partial charge in [0, 0.05) is 16.1 Å². The van der Waals surface area contributed by atoms with Crippen LogP contribution in [0.3, 0.4) is 0 Å². The minimum atomic E-state index is -0.314. The maximum Gasteiger partial charge on any atom is 0.221 e. The van der Waals surface area contributed by atoms with Gasteiger partial charge >= 0.3 is 0 Å². The number of rotatable bonds is 2. The van der Waals surface area contributed by atoms with E-state index in [0.717, 1.165) is 26.5 Å². The summed E-state index contributed by atoms with van der Waals surface area (Å²) in [5.74, 6) is -0.314. The maximum absolute atomic E-state index is 10.9. The zero-order chi connectivity index (χ0) is 11.0. The fourth-order valence-electron chi connectivity index (χ4n) is 1.76. The first-order valence-electron chi connectivity index (χ1n) is 4.63. The van der Waals surface area contributed by atoms with Crippen LogP contribution in [0.15, 0.2) is 22.8 Å². The number of primary amides is 1. The maximum atomic E-state index is 10.9. The Kier molecular flexibility index (Phi) is 2.52. The van der Waals surface area contributed by atoms with Gasteiger partial charge in [0.05, 0.1) is 11.9 Å². The van der Waals surface area contributed by atoms with E-state index >= 15 is 0 Å². The quantitative estimate of drug-likeness (QED) is 0.861. The summed E-state index contributed by atoms with van der Waals surface area (Å²) in [6.45, 7) is 2.03. The number of aryl methyl sites for hydroxylation is 1. The summed E-state index contributed by atoms with van der Waals surface area (Å²) in [6, 6.07) is 3.86. The molecule has 1 aromatic heterocycles. The number of H-pyrrole nitrogens is 1. The zero-order valence-electron chi connectivity index (χ0n) is 8.30. The molecule has 0 fully saturated rings. The van der Waals surface area contributed by atoms with Crippen LogP contribution in [-0.4, -0.2) is 10.9 Å². The molecule has 0 atom stereocenters. The molecule has 2 rings (SSSR count). The molecule has 1 aromatic carbocycles. The van der Waals surface area contributed by atoms with Crippen LogP contribution < -0.4 is 5.73 Å². The summed E-state index contributed by atoms with van der Waals surface area (Å²) in [5, 5.41) is 1.12. The molecule has 0 aliphatic carbocycles. The number of nitrogens with two attached hydrogens (primary N) is 1. The van der Waals surface area contributed by atoms with E-state index in [4.69, 9.17) is 5.73 Å². The molecular weight excluding hydrogens is 256 g/mol. The molecule has 3 nitrogen and oxygen atoms in total. The topological polar surface area (TPSA) is 58.9 Å². The van der Waals surface area contributed by atoms with Gasteiger partial charge in [0.25, 0.3) is 0 Å². The predicted octanol–water partition coefficient (Wildman–Crippen LogP) is 2.27. The Hall–Kier alpha value is -1.29. The van der Waals surface area contributed by atoms with Crippen molar-refractivity contribution in [3.05, 3.63) is 33.9 Å². The Bertz CT molecular complexity index is 531. The monoisotopic (exact) mass is 266 g/mol. The van der Waals surface area contributed by atoms with Crippen LogP contribution in [-0.2, 0) is 11.2 Å². The number of hydrogen-bond acceptors (Lipinski definition) is 1. The van der Waals surface area contributed by atoms with Crippen molar-refractivity contribution >= 4 is 32.7 Å². The predicted molar refractivity (Wildman–Crippen MR) is 63.6 cm³/mol. The van der Waals surface area contributed by atoms with E-state index in [1.807, 2.05) is 25.3 Å². The van der Waals surface area contributed by atoms with Gasteiger partial charge < -0.3 is 10.7 Å². The van der Waals surface area contributed by atoms with E-state index in [-0.39, 0.29) is 12.3 Å². The van der Waals surface area contributed by atoms with Crippen LogP contribution in [0.1, 0.15) is 11.1 Å². The van der Waals surface area contributed by atoms with Gasteiger partial charge in [0.1, 0.15) is 0 Å². The first-order chi connectivity index (χ1) is 7.09. The highest BCUT2D eigenvalue weighted by Crippen LogP contribution is 2.29. The number of hydrogen-bond donors (Lipinski definition) is 2. The number of halogens is 1. The first-order valence-corrected chi connectivity index (χ1v) is 5.42. The van der Waals surface area contributed by atoms with Crippen LogP contribution in [0, 0.1) is 6.92 Å². The summed E-state index contributed by atoms with van der Waals surface area (Å²) >= 11 is 3.49. The number of nitrogens with one attached hydrogen (secondary N) is 1. The SMILES string of the molecule is Cc1c[nH]c2c(CC(N)=O)ccc(Br)c12. The van der Waals surface area contributed by atoms with Crippen molar-refractivity contribution in [3.63, 3.8) is 0 Å². The van der Waals surface area contributed by atoms with E-state index in [0.29, 0.717) is 0 Å². The largest absolute Gasteiger partial charge is 0.369 e. The molecule has 0 bridgehead atoms. The average Bonchev–Trinajstić information content (AvgIpc) is 2.53. The molecule has 0 unspecified atom stereocenters. The van der Waals surface area contributed by atoms with Crippen LogP contribution in [0.4, 0.5) is 0 Å². The molecule has 2 aromatic rings. The number of benzene rings is 1. The van der Waals surface area contributed by atoms with Crippen LogP contribution >= 0.6 is 15.9 Å². The standard InChI is InChI=1S/C11H11BrN2O/c1-6-5-14-11-7(4-9(13)15)2-3-8(12)10(6)11/h2-3,5,14H,4H2,1H3,(H2,13,15). The van der Waals surface area contributed by atoms with E-state index < -0.39 is 0 Å². The van der Waals surface area contributed by atoms with Crippen LogP contribution in [0.2, 0.25) is 0 Å². The molecule has 0 saturated carbocycles. The van der Waals surface area contributed by atoms with Crippen molar-refractivity contribution < 1.29 is 4.79 Å². The molecule has 78 valence electrons. The molecule has 0 aliphatic heterocycles.